The van der Waals surface area contributed by atoms with Gasteiger partial charge in [0.05, 0.1) is 11.5 Å². The predicted octanol–water partition coefficient (Wildman–Crippen LogP) is 3.65. The van der Waals surface area contributed by atoms with Gasteiger partial charge < -0.3 is 0 Å². The summed E-state index contributed by atoms with van der Waals surface area (Å²) in [6, 6.07) is 2.52. The fourth-order valence-corrected chi connectivity index (χ4v) is 3.59. The van der Waals surface area contributed by atoms with Gasteiger partial charge in [-0.3, -0.25) is 0 Å². The molecule has 0 atom stereocenters. The van der Waals surface area contributed by atoms with Crippen molar-refractivity contribution < 1.29 is 0 Å². The largest absolute Gasteiger partial charge is 0.198 e. The molecule has 3 rings (SSSR count). The van der Waals surface area contributed by atoms with Crippen molar-refractivity contribution in [2.24, 2.45) is 16.7 Å². The van der Waals surface area contributed by atoms with Crippen molar-refractivity contribution in [2.45, 2.75) is 57.8 Å². The molecule has 1 nitrogen and oxygen atoms in total. The second kappa shape index (κ2) is 2.75. The summed E-state index contributed by atoms with van der Waals surface area (Å²) < 4.78 is 0. The zero-order valence-corrected chi connectivity index (χ0v) is 8.89. The van der Waals surface area contributed by atoms with E-state index in [0.717, 1.165) is 5.92 Å². The van der Waals surface area contributed by atoms with Gasteiger partial charge in [0, 0.05) is 0 Å². The van der Waals surface area contributed by atoms with Crippen LogP contribution in [0.2, 0.25) is 0 Å². The molecule has 0 bridgehead atoms. The molecule has 0 amide bonds. The van der Waals surface area contributed by atoms with E-state index < -0.39 is 0 Å². The summed E-state index contributed by atoms with van der Waals surface area (Å²) in [5, 5.41) is 8.96. The Bertz CT molecular complexity index is 274. The Kier molecular flexibility index (Phi) is 1.72. The highest BCUT2D eigenvalue weighted by Gasteiger charge is 2.83. The van der Waals surface area contributed by atoms with Crippen molar-refractivity contribution >= 4 is 0 Å². The maximum absolute atomic E-state index is 8.96. The highest BCUT2D eigenvalue weighted by molar-refractivity contribution is 5.39. The van der Waals surface area contributed by atoms with E-state index in [1.165, 1.54) is 57.8 Å². The normalized spacial score (nSPS) is 45.4. The van der Waals surface area contributed by atoms with Crippen molar-refractivity contribution in [2.75, 3.05) is 0 Å². The smallest absolute Gasteiger partial charge is 0.0696 e. The summed E-state index contributed by atoms with van der Waals surface area (Å²) in [5.41, 5.74) is 0.765. The van der Waals surface area contributed by atoms with Crippen LogP contribution in [-0.2, 0) is 0 Å². The Morgan fingerprint density at radius 3 is 2.43 bits per heavy atom. The standard InChI is InChI=1S/C13H19N/c14-10-13-8-12(13,9-13)7-6-11-4-2-1-3-5-11/h11H,1-9H2. The van der Waals surface area contributed by atoms with Crippen molar-refractivity contribution in [3.05, 3.63) is 0 Å². The summed E-state index contributed by atoms with van der Waals surface area (Å²) in [4.78, 5) is 0. The Hall–Kier alpha value is -0.510. The van der Waals surface area contributed by atoms with E-state index in [0.29, 0.717) is 5.41 Å². The number of nitrogens with zero attached hydrogens (tertiary/aromatic N) is 1. The first-order chi connectivity index (χ1) is 6.80. The van der Waals surface area contributed by atoms with Crippen molar-refractivity contribution in [1.29, 1.82) is 5.26 Å². The first kappa shape index (κ1) is 8.77. The van der Waals surface area contributed by atoms with Crippen LogP contribution in [0.25, 0.3) is 0 Å². The molecular formula is C13H19N. The molecule has 0 spiro atoms. The summed E-state index contributed by atoms with van der Waals surface area (Å²) in [7, 11) is 0. The van der Waals surface area contributed by atoms with Crippen LogP contribution in [0.15, 0.2) is 0 Å². The lowest BCUT2D eigenvalue weighted by molar-refractivity contribution is 0.317. The molecule has 0 saturated heterocycles. The number of nitriles is 1. The molecular weight excluding hydrogens is 170 g/mol. The molecule has 0 aromatic carbocycles. The van der Waals surface area contributed by atoms with Gasteiger partial charge in [-0.15, -0.1) is 0 Å². The van der Waals surface area contributed by atoms with Gasteiger partial charge in [-0.05, 0) is 37.0 Å². The highest BCUT2D eigenvalue weighted by Crippen LogP contribution is 2.87. The van der Waals surface area contributed by atoms with Gasteiger partial charge in [-0.1, -0.05) is 32.1 Å². The Labute approximate surface area is 86.5 Å². The molecule has 76 valence electrons. The monoisotopic (exact) mass is 189 g/mol. The molecule has 0 aromatic rings. The van der Waals surface area contributed by atoms with Gasteiger partial charge in [0.1, 0.15) is 0 Å². The SMILES string of the molecule is N#CC12CC1(CCC1CCCCC1)C2. The molecule has 14 heavy (non-hydrogen) atoms. The fourth-order valence-electron chi connectivity index (χ4n) is 3.59. The number of rotatable bonds is 3. The van der Waals surface area contributed by atoms with Crippen LogP contribution in [0.3, 0.4) is 0 Å². The predicted molar refractivity (Wildman–Crippen MR) is 55.5 cm³/mol. The van der Waals surface area contributed by atoms with Crippen LogP contribution in [0.1, 0.15) is 57.8 Å². The van der Waals surface area contributed by atoms with Crippen LogP contribution in [0, 0.1) is 28.1 Å². The second-order valence-corrected chi connectivity index (χ2v) is 5.87. The van der Waals surface area contributed by atoms with Crippen molar-refractivity contribution in [3.63, 3.8) is 0 Å². The third-order valence-corrected chi connectivity index (χ3v) is 5.02. The third-order valence-electron chi connectivity index (χ3n) is 5.02. The van der Waals surface area contributed by atoms with Gasteiger partial charge in [-0.25, -0.2) is 0 Å². The van der Waals surface area contributed by atoms with Crippen LogP contribution >= 0.6 is 0 Å². The lowest BCUT2D eigenvalue weighted by Gasteiger charge is -2.21. The van der Waals surface area contributed by atoms with Crippen LogP contribution in [0.4, 0.5) is 0 Å². The molecule has 0 heterocycles. The van der Waals surface area contributed by atoms with Gasteiger partial charge in [0.25, 0.3) is 0 Å². The van der Waals surface area contributed by atoms with Crippen LogP contribution in [-0.4, -0.2) is 0 Å². The van der Waals surface area contributed by atoms with Crippen LogP contribution < -0.4 is 0 Å². The van der Waals surface area contributed by atoms with Gasteiger partial charge in [-0.2, -0.15) is 5.26 Å². The summed E-state index contributed by atoms with van der Waals surface area (Å²) >= 11 is 0. The Morgan fingerprint density at radius 1 is 1.14 bits per heavy atom. The lowest BCUT2D eigenvalue weighted by atomic mass is 9.85. The second-order valence-electron chi connectivity index (χ2n) is 5.87. The van der Waals surface area contributed by atoms with E-state index in [4.69, 9.17) is 5.26 Å². The van der Waals surface area contributed by atoms with Gasteiger partial charge in [0.15, 0.2) is 0 Å². The third kappa shape index (κ3) is 1.13. The first-order valence-electron chi connectivity index (χ1n) is 6.22. The molecule has 0 N–H and O–H groups in total. The van der Waals surface area contributed by atoms with E-state index in [-0.39, 0.29) is 5.41 Å². The minimum absolute atomic E-state index is 0.210. The quantitative estimate of drug-likeness (QED) is 0.664. The van der Waals surface area contributed by atoms with Gasteiger partial charge >= 0.3 is 0 Å². The van der Waals surface area contributed by atoms with Crippen LogP contribution in [0.5, 0.6) is 0 Å². The minimum atomic E-state index is 0.210. The molecule has 0 aliphatic heterocycles. The maximum atomic E-state index is 8.96. The average Bonchev–Trinajstić information content (AvgIpc) is 3.02. The maximum Gasteiger partial charge on any atom is 0.0696 e. The molecule has 0 radical (unpaired) electrons. The number of fused-ring (bicyclic) bond motifs is 1. The van der Waals surface area contributed by atoms with Crippen molar-refractivity contribution in [3.8, 4) is 6.07 Å². The van der Waals surface area contributed by atoms with E-state index in [9.17, 15) is 0 Å². The zero-order chi connectivity index (χ0) is 9.65. The van der Waals surface area contributed by atoms with Gasteiger partial charge in [0.2, 0.25) is 0 Å². The summed E-state index contributed by atoms with van der Waals surface area (Å²) in [6.07, 6.45) is 12.6. The van der Waals surface area contributed by atoms with E-state index in [2.05, 4.69) is 6.07 Å². The topological polar surface area (TPSA) is 23.8 Å². The van der Waals surface area contributed by atoms with E-state index in [1.54, 1.807) is 0 Å². The zero-order valence-electron chi connectivity index (χ0n) is 8.89. The Morgan fingerprint density at radius 2 is 1.86 bits per heavy atom. The molecule has 3 aliphatic rings. The van der Waals surface area contributed by atoms with E-state index in [1.807, 2.05) is 0 Å². The molecule has 0 aromatic heterocycles. The average molecular weight is 189 g/mol. The molecule has 3 saturated carbocycles. The molecule has 3 aliphatic carbocycles. The number of hydrogen-bond donors (Lipinski definition) is 0. The fraction of sp³-hybridized carbons (Fsp3) is 0.923. The first-order valence-corrected chi connectivity index (χ1v) is 6.22. The van der Waals surface area contributed by atoms with E-state index >= 15 is 0 Å². The lowest BCUT2D eigenvalue weighted by Crippen LogP contribution is -2.07. The minimum Gasteiger partial charge on any atom is -0.198 e. The summed E-state index contributed by atoms with van der Waals surface area (Å²) in [6.45, 7) is 0. The molecule has 1 heteroatoms. The molecule has 3 fully saturated rings. The summed E-state index contributed by atoms with van der Waals surface area (Å²) in [5.74, 6) is 1.01. The molecule has 0 unspecified atom stereocenters. The van der Waals surface area contributed by atoms with Crippen molar-refractivity contribution in [1.82, 2.24) is 0 Å². The highest BCUT2D eigenvalue weighted by atomic mass is 14.8. The number of hydrogen-bond acceptors (Lipinski definition) is 1. The Balaban J connectivity index is 1.46.